The second-order valence-electron chi connectivity index (χ2n) is 4.60. The van der Waals surface area contributed by atoms with Crippen LogP contribution < -0.4 is 5.32 Å². The van der Waals surface area contributed by atoms with Crippen LogP contribution in [0.1, 0.15) is 26.7 Å². The molecule has 1 heterocycles. The molecule has 1 unspecified atom stereocenters. The minimum Gasteiger partial charge on any atom is -0.465 e. The second kappa shape index (κ2) is 5.09. The monoisotopic (exact) mass is 287 g/mol. The smallest absolute Gasteiger partial charge is 0.350 e. The molecular formula is C15H13NO3S. The van der Waals surface area contributed by atoms with Crippen molar-refractivity contribution in [2.75, 3.05) is 12.4 Å². The number of carbonyl (C=O) groups is 2. The van der Waals surface area contributed by atoms with Gasteiger partial charge in [-0.05, 0) is 29.0 Å². The number of rotatable bonds is 3. The van der Waals surface area contributed by atoms with Gasteiger partial charge in [0, 0.05) is 0 Å². The zero-order chi connectivity index (χ0) is 14.1. The Hall–Kier alpha value is -2.14. The Balaban J connectivity index is 1.75. The van der Waals surface area contributed by atoms with E-state index in [1.807, 2.05) is 24.3 Å². The number of ether oxygens (including phenoxy) is 1. The number of hydrogen-bond donors (Lipinski definition) is 1. The molecule has 2 aromatic rings. The normalized spacial score (nSPS) is 15.9. The number of methoxy groups -OCH3 is 1. The molecule has 20 heavy (non-hydrogen) atoms. The average Bonchev–Trinajstić information content (AvgIpc) is 2.87. The Morgan fingerprint density at radius 2 is 2.10 bits per heavy atom. The van der Waals surface area contributed by atoms with Crippen LogP contribution in [-0.4, -0.2) is 19.0 Å². The number of amides is 1. The summed E-state index contributed by atoms with van der Waals surface area (Å²) in [6.07, 6.45) is 0.750. The van der Waals surface area contributed by atoms with E-state index < -0.39 is 5.97 Å². The third kappa shape index (κ3) is 2.10. The minimum atomic E-state index is -0.427. The number of benzene rings is 1. The van der Waals surface area contributed by atoms with Crippen molar-refractivity contribution in [1.29, 1.82) is 0 Å². The van der Waals surface area contributed by atoms with Gasteiger partial charge < -0.3 is 10.1 Å². The van der Waals surface area contributed by atoms with Crippen molar-refractivity contribution in [1.82, 2.24) is 0 Å². The first kappa shape index (κ1) is 12.9. The van der Waals surface area contributed by atoms with E-state index in [4.69, 9.17) is 4.74 Å². The number of nitrogens with one attached hydrogen (secondary N) is 1. The van der Waals surface area contributed by atoms with Gasteiger partial charge in [0.1, 0.15) is 4.88 Å². The van der Waals surface area contributed by atoms with Crippen LogP contribution in [0.25, 0.3) is 0 Å². The van der Waals surface area contributed by atoms with Crippen LogP contribution in [0.5, 0.6) is 0 Å². The Bertz CT molecular complexity index is 677. The van der Waals surface area contributed by atoms with E-state index in [0.29, 0.717) is 10.6 Å². The Labute approximate surface area is 120 Å². The Kier molecular flexibility index (Phi) is 3.28. The number of thiophene rings is 1. The molecule has 0 fully saturated rings. The highest BCUT2D eigenvalue weighted by Gasteiger charge is 2.32. The van der Waals surface area contributed by atoms with Crippen LogP contribution in [0.3, 0.4) is 0 Å². The number of carbonyl (C=O) groups excluding carboxylic acids is 2. The number of fused-ring (bicyclic) bond motifs is 1. The molecule has 0 bridgehead atoms. The molecule has 0 saturated carbocycles. The Morgan fingerprint density at radius 1 is 1.30 bits per heavy atom. The highest BCUT2D eigenvalue weighted by molar-refractivity contribution is 7.12. The summed E-state index contributed by atoms with van der Waals surface area (Å²) in [6.45, 7) is 0. The van der Waals surface area contributed by atoms with Gasteiger partial charge in [0.15, 0.2) is 0 Å². The summed E-state index contributed by atoms with van der Waals surface area (Å²) in [5, 5.41) is 4.58. The van der Waals surface area contributed by atoms with E-state index in [1.54, 1.807) is 11.4 Å². The third-order valence-electron chi connectivity index (χ3n) is 3.46. The van der Waals surface area contributed by atoms with Crippen molar-refractivity contribution in [2.45, 2.75) is 12.3 Å². The predicted octanol–water partition coefficient (Wildman–Crippen LogP) is 2.81. The summed E-state index contributed by atoms with van der Waals surface area (Å²) in [5.74, 6) is -0.631. The molecule has 5 heteroatoms. The molecule has 1 aliphatic rings. The number of hydrogen-bond acceptors (Lipinski definition) is 4. The van der Waals surface area contributed by atoms with E-state index in [1.165, 1.54) is 24.0 Å². The fourth-order valence-electron chi connectivity index (χ4n) is 2.37. The van der Waals surface area contributed by atoms with Gasteiger partial charge in [-0.3, -0.25) is 4.79 Å². The maximum absolute atomic E-state index is 12.3. The molecule has 1 aromatic carbocycles. The average molecular weight is 287 g/mol. The van der Waals surface area contributed by atoms with E-state index in [0.717, 1.165) is 12.0 Å². The maximum atomic E-state index is 12.3. The van der Waals surface area contributed by atoms with Crippen molar-refractivity contribution in [2.24, 2.45) is 0 Å². The molecule has 0 saturated heterocycles. The van der Waals surface area contributed by atoms with Crippen molar-refractivity contribution in [3.63, 3.8) is 0 Å². The summed E-state index contributed by atoms with van der Waals surface area (Å²) >= 11 is 1.26. The lowest BCUT2D eigenvalue weighted by Gasteiger charge is -2.28. The largest absolute Gasteiger partial charge is 0.465 e. The van der Waals surface area contributed by atoms with E-state index >= 15 is 0 Å². The van der Waals surface area contributed by atoms with Crippen LogP contribution in [0.2, 0.25) is 0 Å². The van der Waals surface area contributed by atoms with E-state index in [9.17, 15) is 9.59 Å². The van der Waals surface area contributed by atoms with Gasteiger partial charge in [-0.1, -0.05) is 24.3 Å². The predicted molar refractivity (Wildman–Crippen MR) is 77.2 cm³/mol. The van der Waals surface area contributed by atoms with Crippen molar-refractivity contribution < 1.29 is 14.3 Å². The molecule has 1 aromatic heterocycles. The number of esters is 1. The van der Waals surface area contributed by atoms with Gasteiger partial charge in [0.05, 0.1) is 18.7 Å². The molecule has 1 N–H and O–H groups in total. The van der Waals surface area contributed by atoms with Crippen LogP contribution >= 0.6 is 11.3 Å². The van der Waals surface area contributed by atoms with Crippen LogP contribution in [0, 0.1) is 0 Å². The first-order chi connectivity index (χ1) is 9.70. The molecule has 1 atom stereocenters. The van der Waals surface area contributed by atoms with E-state index in [-0.39, 0.29) is 11.8 Å². The second-order valence-corrected chi connectivity index (χ2v) is 5.52. The van der Waals surface area contributed by atoms with E-state index in [2.05, 4.69) is 5.32 Å². The molecule has 1 amide bonds. The molecule has 102 valence electrons. The summed E-state index contributed by atoms with van der Waals surface area (Å²) in [7, 11) is 1.33. The fourth-order valence-corrected chi connectivity index (χ4v) is 3.14. The third-order valence-corrected chi connectivity index (χ3v) is 4.36. The van der Waals surface area contributed by atoms with Crippen molar-refractivity contribution >= 4 is 28.9 Å². The van der Waals surface area contributed by atoms with Gasteiger partial charge >= 0.3 is 5.97 Å². The number of anilines is 1. The molecule has 1 aliphatic carbocycles. The maximum Gasteiger partial charge on any atom is 0.350 e. The highest BCUT2D eigenvalue weighted by Crippen LogP contribution is 2.36. The van der Waals surface area contributed by atoms with Crippen molar-refractivity contribution in [3.8, 4) is 0 Å². The summed E-state index contributed by atoms with van der Waals surface area (Å²) < 4.78 is 4.69. The summed E-state index contributed by atoms with van der Waals surface area (Å²) in [5.41, 5.74) is 2.81. The quantitative estimate of drug-likeness (QED) is 0.883. The summed E-state index contributed by atoms with van der Waals surface area (Å²) in [6, 6.07) is 9.63. The zero-order valence-corrected chi connectivity index (χ0v) is 11.7. The lowest BCUT2D eigenvalue weighted by Crippen LogP contribution is -2.30. The SMILES string of the molecule is COC(=O)c1sccc1NC(=O)C1Cc2ccccc21. The highest BCUT2D eigenvalue weighted by atomic mass is 32.1. The lowest BCUT2D eigenvalue weighted by atomic mass is 9.77. The topological polar surface area (TPSA) is 55.4 Å². The molecule has 0 aliphatic heterocycles. The molecule has 0 radical (unpaired) electrons. The van der Waals surface area contributed by atoms with Gasteiger partial charge in [-0.25, -0.2) is 4.79 Å². The van der Waals surface area contributed by atoms with Crippen LogP contribution in [0.15, 0.2) is 35.7 Å². The fraction of sp³-hybridized carbons (Fsp3) is 0.200. The Morgan fingerprint density at radius 3 is 2.85 bits per heavy atom. The standard InChI is InChI=1S/C15H13NO3S/c1-19-15(18)13-12(6-7-20-13)16-14(17)11-8-9-4-2-3-5-10(9)11/h2-7,11H,8H2,1H3,(H,16,17). The van der Waals surface area contributed by atoms with Gasteiger partial charge in [0.25, 0.3) is 0 Å². The van der Waals surface area contributed by atoms with Gasteiger partial charge in [0.2, 0.25) is 5.91 Å². The van der Waals surface area contributed by atoms with Crippen molar-refractivity contribution in [3.05, 3.63) is 51.7 Å². The molecular weight excluding hydrogens is 274 g/mol. The first-order valence-corrected chi connectivity index (χ1v) is 7.13. The molecule has 3 rings (SSSR count). The first-order valence-electron chi connectivity index (χ1n) is 6.25. The molecule has 0 spiro atoms. The zero-order valence-electron chi connectivity index (χ0n) is 10.9. The minimum absolute atomic E-state index is 0.0766. The summed E-state index contributed by atoms with van der Waals surface area (Å²) in [4.78, 5) is 24.2. The molecule has 4 nitrogen and oxygen atoms in total. The van der Waals surface area contributed by atoms with Gasteiger partial charge in [-0.2, -0.15) is 0 Å². The van der Waals surface area contributed by atoms with Gasteiger partial charge in [-0.15, -0.1) is 11.3 Å². The van der Waals surface area contributed by atoms with Crippen LogP contribution in [0.4, 0.5) is 5.69 Å². The lowest BCUT2D eigenvalue weighted by molar-refractivity contribution is -0.118. The van der Waals surface area contributed by atoms with Crippen LogP contribution in [-0.2, 0) is 16.0 Å².